The SMILES string of the molecule is COc1ccc2ncc(F)c(CC(NC(=O)OC(C)(C)C)C3CCC(NCc4ccc5c(n4)NC(=O)CS5)CC3)c2n1. The predicted molar refractivity (Wildman–Crippen MR) is 159 cm³/mol. The molecule has 4 heterocycles. The van der Waals surface area contributed by atoms with Gasteiger partial charge in [-0.15, -0.1) is 11.8 Å². The van der Waals surface area contributed by atoms with E-state index in [1.807, 2.05) is 32.9 Å². The first kappa shape index (κ1) is 30.0. The molecular weight excluding hydrogens is 559 g/mol. The van der Waals surface area contributed by atoms with E-state index >= 15 is 4.39 Å². The number of anilines is 1. The van der Waals surface area contributed by atoms with E-state index in [1.165, 1.54) is 25.1 Å². The Balaban J connectivity index is 1.27. The second-order valence-corrected chi connectivity index (χ2v) is 12.8. The lowest BCUT2D eigenvalue weighted by molar-refractivity contribution is -0.113. The number of nitrogens with zero attached hydrogens (tertiary/aromatic N) is 3. The number of halogens is 1. The third kappa shape index (κ3) is 7.46. The summed E-state index contributed by atoms with van der Waals surface area (Å²) in [5.74, 6) is 1.01. The zero-order chi connectivity index (χ0) is 29.9. The number of carbonyl (C=O) groups excluding carboxylic acids is 2. The summed E-state index contributed by atoms with van der Waals surface area (Å²) in [6.45, 7) is 6.03. The molecule has 3 aromatic rings. The number of nitrogens with one attached hydrogen (secondary N) is 3. The fraction of sp³-hybridized carbons (Fsp3) is 0.500. The Hall–Kier alpha value is -3.51. The minimum absolute atomic E-state index is 0.0347. The van der Waals surface area contributed by atoms with Crippen molar-refractivity contribution in [2.24, 2.45) is 5.92 Å². The smallest absolute Gasteiger partial charge is 0.407 e. The number of ether oxygens (including phenoxy) is 2. The van der Waals surface area contributed by atoms with Crippen molar-refractivity contribution in [1.29, 1.82) is 0 Å². The van der Waals surface area contributed by atoms with Crippen LogP contribution >= 0.6 is 11.8 Å². The Bertz CT molecular complexity index is 1460. The van der Waals surface area contributed by atoms with Crippen LogP contribution in [0.15, 0.2) is 35.4 Å². The highest BCUT2D eigenvalue weighted by molar-refractivity contribution is 8.00. The second-order valence-electron chi connectivity index (χ2n) is 11.7. The molecule has 3 N–H and O–H groups in total. The van der Waals surface area contributed by atoms with Crippen LogP contribution in [-0.4, -0.2) is 57.5 Å². The van der Waals surface area contributed by atoms with E-state index in [2.05, 4.69) is 30.9 Å². The third-order valence-corrected chi connectivity index (χ3v) is 8.57. The molecule has 3 aromatic heterocycles. The third-order valence-electron chi connectivity index (χ3n) is 7.52. The molecule has 0 saturated heterocycles. The van der Waals surface area contributed by atoms with Crippen LogP contribution in [0.3, 0.4) is 0 Å². The van der Waals surface area contributed by atoms with Crippen molar-refractivity contribution < 1.29 is 23.5 Å². The maximum absolute atomic E-state index is 15.2. The summed E-state index contributed by atoms with van der Waals surface area (Å²) in [7, 11) is 1.51. The topological polar surface area (TPSA) is 127 Å². The van der Waals surface area contributed by atoms with E-state index in [-0.39, 0.29) is 30.3 Å². The van der Waals surface area contributed by atoms with Crippen LogP contribution in [-0.2, 0) is 22.5 Å². The van der Waals surface area contributed by atoms with E-state index in [0.717, 1.165) is 36.3 Å². The number of fused-ring (bicyclic) bond motifs is 2. The van der Waals surface area contributed by atoms with Gasteiger partial charge in [0, 0.05) is 30.3 Å². The van der Waals surface area contributed by atoms with Crippen LogP contribution < -0.4 is 20.7 Å². The van der Waals surface area contributed by atoms with Crippen LogP contribution in [0.1, 0.15) is 57.7 Å². The Morgan fingerprint density at radius 2 is 1.95 bits per heavy atom. The van der Waals surface area contributed by atoms with Crippen molar-refractivity contribution in [2.75, 3.05) is 18.2 Å². The van der Waals surface area contributed by atoms with Crippen molar-refractivity contribution in [3.63, 3.8) is 0 Å². The molecule has 1 saturated carbocycles. The molecule has 0 radical (unpaired) electrons. The molecular formula is C30H37FN6O4S. The summed E-state index contributed by atoms with van der Waals surface area (Å²) in [6, 6.07) is 7.34. The van der Waals surface area contributed by atoms with E-state index in [9.17, 15) is 9.59 Å². The molecule has 0 aromatic carbocycles. The summed E-state index contributed by atoms with van der Waals surface area (Å²) in [5, 5.41) is 9.48. The lowest BCUT2D eigenvalue weighted by Crippen LogP contribution is -2.46. The largest absolute Gasteiger partial charge is 0.481 e. The van der Waals surface area contributed by atoms with Gasteiger partial charge in [0.05, 0.1) is 40.7 Å². The van der Waals surface area contributed by atoms with E-state index < -0.39 is 17.5 Å². The molecule has 224 valence electrons. The molecule has 2 aliphatic rings. The fourth-order valence-electron chi connectivity index (χ4n) is 5.48. The highest BCUT2D eigenvalue weighted by atomic mass is 32.2. The summed E-state index contributed by atoms with van der Waals surface area (Å²) in [4.78, 5) is 38.9. The first-order valence-corrected chi connectivity index (χ1v) is 15.2. The standard InChI is InChI=1S/C30H37FN6O4S/c1-30(2,3)41-29(39)35-23(13-20-21(31)15-33-22-10-12-26(40-4)37-27(20)22)17-5-7-18(8-6-17)32-14-19-9-11-24-28(34-19)36-25(38)16-42-24/h9-12,15,17-18,23,32H,5-8,13-14,16H2,1-4H3,(H,35,39)(H,34,36,38). The second kappa shape index (κ2) is 12.8. The van der Waals surface area contributed by atoms with Crippen molar-refractivity contribution >= 4 is 40.6 Å². The van der Waals surface area contributed by atoms with Gasteiger partial charge in [0.2, 0.25) is 11.8 Å². The summed E-state index contributed by atoms with van der Waals surface area (Å²) >= 11 is 1.49. The molecule has 0 bridgehead atoms. The van der Waals surface area contributed by atoms with E-state index in [0.29, 0.717) is 40.6 Å². The molecule has 1 fully saturated rings. The first-order valence-electron chi connectivity index (χ1n) is 14.2. The zero-order valence-corrected chi connectivity index (χ0v) is 25.1. The average molecular weight is 597 g/mol. The van der Waals surface area contributed by atoms with Gasteiger partial charge in [0.1, 0.15) is 17.2 Å². The number of hydrogen-bond acceptors (Lipinski definition) is 9. The lowest BCUT2D eigenvalue weighted by atomic mass is 9.79. The molecule has 12 heteroatoms. The van der Waals surface area contributed by atoms with Gasteiger partial charge in [-0.2, -0.15) is 0 Å². The minimum atomic E-state index is -0.661. The van der Waals surface area contributed by atoms with Crippen LogP contribution in [0.5, 0.6) is 5.88 Å². The van der Waals surface area contributed by atoms with Gasteiger partial charge < -0.3 is 25.4 Å². The van der Waals surface area contributed by atoms with Crippen molar-refractivity contribution in [3.8, 4) is 5.88 Å². The van der Waals surface area contributed by atoms with Gasteiger partial charge in [-0.1, -0.05) is 0 Å². The number of carbonyl (C=O) groups is 2. The predicted octanol–water partition coefficient (Wildman–Crippen LogP) is 5.00. The quantitative estimate of drug-likeness (QED) is 0.329. The van der Waals surface area contributed by atoms with Gasteiger partial charge in [0.25, 0.3) is 0 Å². The monoisotopic (exact) mass is 596 g/mol. The summed E-state index contributed by atoms with van der Waals surface area (Å²) in [5.41, 5.74) is 1.58. The number of rotatable bonds is 8. The number of hydrogen-bond donors (Lipinski definition) is 3. The van der Waals surface area contributed by atoms with Gasteiger partial charge >= 0.3 is 6.09 Å². The van der Waals surface area contributed by atoms with Crippen molar-refractivity contribution in [1.82, 2.24) is 25.6 Å². The minimum Gasteiger partial charge on any atom is -0.481 e. The van der Waals surface area contributed by atoms with Gasteiger partial charge in [-0.3, -0.25) is 9.78 Å². The van der Waals surface area contributed by atoms with Crippen LogP contribution in [0, 0.1) is 11.7 Å². The molecule has 42 heavy (non-hydrogen) atoms. The number of amides is 2. The Labute approximate surface area is 249 Å². The first-order chi connectivity index (χ1) is 20.1. The number of alkyl carbamates (subject to hydrolysis) is 1. The van der Waals surface area contributed by atoms with Gasteiger partial charge in [-0.05, 0) is 77.0 Å². The van der Waals surface area contributed by atoms with E-state index in [1.54, 1.807) is 12.1 Å². The van der Waals surface area contributed by atoms with Crippen LogP contribution in [0.2, 0.25) is 0 Å². The lowest BCUT2D eigenvalue weighted by Gasteiger charge is -2.35. The summed E-state index contributed by atoms with van der Waals surface area (Å²) < 4.78 is 26.1. The Morgan fingerprint density at radius 1 is 1.17 bits per heavy atom. The fourth-order valence-corrected chi connectivity index (χ4v) is 6.23. The highest BCUT2D eigenvalue weighted by Crippen LogP contribution is 2.32. The number of aromatic nitrogens is 3. The average Bonchev–Trinajstić information content (AvgIpc) is 2.95. The maximum atomic E-state index is 15.2. The van der Waals surface area contributed by atoms with E-state index in [4.69, 9.17) is 9.47 Å². The number of thioether (sulfide) groups is 1. The molecule has 1 unspecified atom stereocenters. The molecule has 1 aliphatic carbocycles. The maximum Gasteiger partial charge on any atom is 0.407 e. The number of methoxy groups -OCH3 is 1. The Morgan fingerprint density at radius 3 is 2.69 bits per heavy atom. The van der Waals surface area contributed by atoms with Gasteiger partial charge in [0.15, 0.2) is 0 Å². The normalized spacial score (nSPS) is 19.5. The van der Waals surface area contributed by atoms with Crippen LogP contribution in [0.4, 0.5) is 15.0 Å². The zero-order valence-electron chi connectivity index (χ0n) is 24.3. The molecule has 10 nitrogen and oxygen atoms in total. The molecule has 1 atom stereocenters. The summed E-state index contributed by atoms with van der Waals surface area (Å²) in [6.07, 6.45) is 4.38. The van der Waals surface area contributed by atoms with Crippen LogP contribution in [0.25, 0.3) is 11.0 Å². The van der Waals surface area contributed by atoms with Crippen molar-refractivity contribution in [2.45, 2.75) is 82.0 Å². The van der Waals surface area contributed by atoms with Gasteiger partial charge in [-0.25, -0.2) is 19.2 Å². The highest BCUT2D eigenvalue weighted by Gasteiger charge is 2.32. The molecule has 1 aliphatic heterocycles. The van der Waals surface area contributed by atoms with Crippen molar-refractivity contribution in [3.05, 3.63) is 47.5 Å². The molecule has 2 amide bonds. The molecule has 5 rings (SSSR count). The number of pyridine rings is 3. The molecule has 0 spiro atoms. The Kier molecular flexibility index (Phi) is 9.12.